The fourth-order valence-corrected chi connectivity index (χ4v) is 4.00. The summed E-state index contributed by atoms with van der Waals surface area (Å²) in [5.74, 6) is 0.485. The SMILES string of the molecule is CCN(CC)c1ccc(/C=C2\Oc3cc(OCC(=O)OCc4ccccc4)cc(C)c3C2=O)cc1. The van der Waals surface area contributed by atoms with Gasteiger partial charge in [-0.1, -0.05) is 42.5 Å². The minimum Gasteiger partial charge on any atom is -0.482 e. The number of ether oxygens (including phenoxy) is 3. The molecule has 0 radical (unpaired) electrons. The van der Waals surface area contributed by atoms with E-state index in [1.807, 2.05) is 61.5 Å². The number of hydrogen-bond donors (Lipinski definition) is 0. The van der Waals surface area contributed by atoms with Crippen molar-refractivity contribution in [1.82, 2.24) is 0 Å². The molecular formula is C29H29NO5. The Hall–Kier alpha value is -4.06. The number of allylic oxidation sites excluding steroid dienone is 1. The Balaban J connectivity index is 1.41. The number of ketones is 1. The highest BCUT2D eigenvalue weighted by Gasteiger charge is 2.30. The molecule has 0 fully saturated rings. The van der Waals surface area contributed by atoms with Crippen LogP contribution in [0.15, 0.2) is 72.5 Å². The summed E-state index contributed by atoms with van der Waals surface area (Å²) < 4.78 is 16.7. The number of esters is 1. The summed E-state index contributed by atoms with van der Waals surface area (Å²) in [5, 5.41) is 0. The lowest BCUT2D eigenvalue weighted by molar-refractivity contribution is -0.147. The van der Waals surface area contributed by atoms with E-state index in [2.05, 4.69) is 18.7 Å². The third-order valence-electron chi connectivity index (χ3n) is 5.86. The number of hydrogen-bond acceptors (Lipinski definition) is 6. The van der Waals surface area contributed by atoms with Gasteiger partial charge in [-0.25, -0.2) is 4.79 Å². The number of rotatable bonds is 9. The molecule has 1 heterocycles. The van der Waals surface area contributed by atoms with Crippen LogP contribution in [-0.4, -0.2) is 31.4 Å². The highest BCUT2D eigenvalue weighted by molar-refractivity contribution is 6.15. The first-order valence-corrected chi connectivity index (χ1v) is 11.7. The number of fused-ring (bicyclic) bond motifs is 1. The van der Waals surface area contributed by atoms with E-state index in [0.29, 0.717) is 17.1 Å². The number of aryl methyl sites for hydroxylation is 1. The van der Waals surface area contributed by atoms with Crippen molar-refractivity contribution < 1.29 is 23.8 Å². The van der Waals surface area contributed by atoms with Crippen LogP contribution in [0.2, 0.25) is 0 Å². The molecule has 3 aromatic carbocycles. The molecule has 0 saturated heterocycles. The lowest BCUT2D eigenvalue weighted by atomic mass is 10.0. The van der Waals surface area contributed by atoms with Crippen LogP contribution in [0.1, 0.15) is 40.9 Å². The van der Waals surface area contributed by atoms with E-state index in [9.17, 15) is 9.59 Å². The number of nitrogens with zero attached hydrogens (tertiary/aromatic N) is 1. The molecule has 0 saturated carbocycles. The maximum atomic E-state index is 13.0. The molecule has 180 valence electrons. The van der Waals surface area contributed by atoms with Crippen molar-refractivity contribution in [2.45, 2.75) is 27.4 Å². The normalized spacial score (nSPS) is 13.3. The summed E-state index contributed by atoms with van der Waals surface area (Å²) in [5.41, 5.74) is 4.16. The molecule has 4 rings (SSSR count). The lowest BCUT2D eigenvalue weighted by Crippen LogP contribution is -2.21. The molecule has 0 N–H and O–H groups in total. The summed E-state index contributed by atoms with van der Waals surface area (Å²) in [6, 6.07) is 20.8. The third-order valence-corrected chi connectivity index (χ3v) is 5.86. The van der Waals surface area contributed by atoms with Gasteiger partial charge in [-0.15, -0.1) is 0 Å². The van der Waals surface area contributed by atoms with E-state index in [1.54, 1.807) is 18.2 Å². The molecule has 0 atom stereocenters. The van der Waals surface area contributed by atoms with Crippen LogP contribution in [-0.2, 0) is 16.1 Å². The van der Waals surface area contributed by atoms with Crippen molar-refractivity contribution in [3.05, 3.63) is 94.7 Å². The first kappa shape index (κ1) is 24.1. The van der Waals surface area contributed by atoms with E-state index in [-0.39, 0.29) is 24.8 Å². The van der Waals surface area contributed by atoms with Crippen molar-refractivity contribution in [1.29, 1.82) is 0 Å². The summed E-state index contributed by atoms with van der Waals surface area (Å²) >= 11 is 0. The molecule has 35 heavy (non-hydrogen) atoms. The molecule has 0 aliphatic carbocycles. The molecule has 1 aliphatic heterocycles. The van der Waals surface area contributed by atoms with Gasteiger partial charge in [0, 0.05) is 24.8 Å². The maximum absolute atomic E-state index is 13.0. The zero-order chi connectivity index (χ0) is 24.8. The van der Waals surface area contributed by atoms with Crippen molar-refractivity contribution >= 4 is 23.5 Å². The number of anilines is 1. The van der Waals surface area contributed by atoms with E-state index < -0.39 is 5.97 Å². The third kappa shape index (κ3) is 5.72. The van der Waals surface area contributed by atoms with Gasteiger partial charge in [0.05, 0.1) is 5.56 Å². The van der Waals surface area contributed by atoms with Crippen molar-refractivity contribution in [2.75, 3.05) is 24.6 Å². The van der Waals surface area contributed by atoms with Gasteiger partial charge in [-0.2, -0.15) is 0 Å². The monoisotopic (exact) mass is 471 g/mol. The minimum absolute atomic E-state index is 0.167. The summed E-state index contributed by atoms with van der Waals surface area (Å²) in [4.78, 5) is 27.3. The molecule has 6 heteroatoms. The Morgan fingerprint density at radius 2 is 1.71 bits per heavy atom. The topological polar surface area (TPSA) is 65.1 Å². The van der Waals surface area contributed by atoms with Crippen molar-refractivity contribution in [2.24, 2.45) is 0 Å². The average molecular weight is 472 g/mol. The lowest BCUT2D eigenvalue weighted by Gasteiger charge is -2.20. The van der Waals surface area contributed by atoms with Crippen LogP contribution in [0.3, 0.4) is 0 Å². The quantitative estimate of drug-likeness (QED) is 0.300. The molecule has 0 spiro atoms. The van der Waals surface area contributed by atoms with Gasteiger partial charge in [0.25, 0.3) is 0 Å². The Morgan fingerprint density at radius 3 is 2.40 bits per heavy atom. The molecule has 0 unspecified atom stereocenters. The summed E-state index contributed by atoms with van der Waals surface area (Å²) in [7, 11) is 0. The number of benzene rings is 3. The number of Topliss-reactive ketones (excluding diaryl/α,β-unsaturated/α-hetero) is 1. The summed E-state index contributed by atoms with van der Waals surface area (Å²) in [6.07, 6.45) is 1.75. The second-order valence-corrected chi connectivity index (χ2v) is 8.25. The Bertz CT molecular complexity index is 1230. The van der Waals surface area contributed by atoms with Crippen LogP contribution >= 0.6 is 0 Å². The van der Waals surface area contributed by atoms with Crippen LogP contribution in [0.4, 0.5) is 5.69 Å². The number of carbonyl (C=O) groups excluding carboxylic acids is 2. The Labute approximate surface area is 205 Å². The molecule has 0 amide bonds. The van der Waals surface area contributed by atoms with Crippen LogP contribution in [0.5, 0.6) is 11.5 Å². The van der Waals surface area contributed by atoms with E-state index >= 15 is 0 Å². The van der Waals surface area contributed by atoms with Gasteiger partial charge in [-0.3, -0.25) is 4.79 Å². The molecule has 6 nitrogen and oxygen atoms in total. The first-order valence-electron chi connectivity index (χ1n) is 11.7. The maximum Gasteiger partial charge on any atom is 0.344 e. The molecule has 0 bridgehead atoms. The number of carbonyl (C=O) groups is 2. The van der Waals surface area contributed by atoms with Crippen LogP contribution < -0.4 is 14.4 Å². The zero-order valence-electron chi connectivity index (χ0n) is 20.2. The second kappa shape index (κ2) is 10.9. The predicted molar refractivity (Wildman–Crippen MR) is 136 cm³/mol. The van der Waals surface area contributed by atoms with Crippen molar-refractivity contribution in [3.63, 3.8) is 0 Å². The Morgan fingerprint density at radius 1 is 1.00 bits per heavy atom. The molecule has 0 aromatic heterocycles. The second-order valence-electron chi connectivity index (χ2n) is 8.25. The highest BCUT2D eigenvalue weighted by atomic mass is 16.6. The molecule has 1 aliphatic rings. The van der Waals surface area contributed by atoms with Gasteiger partial charge in [0.1, 0.15) is 18.1 Å². The van der Waals surface area contributed by atoms with E-state index in [1.165, 1.54) is 0 Å². The standard InChI is InChI=1S/C29H29NO5/c1-4-30(5-2)23-13-11-21(12-14-23)16-26-29(32)28-20(3)15-24(17-25(28)35-26)33-19-27(31)34-18-22-9-7-6-8-10-22/h6-17H,4-5,18-19H2,1-3H3/b26-16-. The van der Waals surface area contributed by atoms with Crippen molar-refractivity contribution in [3.8, 4) is 11.5 Å². The molecule has 3 aromatic rings. The fraction of sp³-hybridized carbons (Fsp3) is 0.241. The molecular weight excluding hydrogens is 442 g/mol. The summed E-state index contributed by atoms with van der Waals surface area (Å²) in [6.45, 7) is 7.88. The van der Waals surface area contributed by atoms with Crippen LogP contribution in [0.25, 0.3) is 6.08 Å². The fourth-order valence-electron chi connectivity index (χ4n) is 4.00. The first-order chi connectivity index (χ1) is 17.0. The minimum atomic E-state index is -0.474. The smallest absolute Gasteiger partial charge is 0.344 e. The van der Waals surface area contributed by atoms with E-state index in [4.69, 9.17) is 14.2 Å². The van der Waals surface area contributed by atoms with Gasteiger partial charge < -0.3 is 19.1 Å². The van der Waals surface area contributed by atoms with Gasteiger partial charge in [-0.05, 0) is 61.7 Å². The van der Waals surface area contributed by atoms with E-state index in [0.717, 1.165) is 35.5 Å². The Kier molecular flexibility index (Phi) is 7.51. The average Bonchev–Trinajstić information content (AvgIpc) is 3.19. The van der Waals surface area contributed by atoms with Gasteiger partial charge in [0.15, 0.2) is 12.4 Å². The van der Waals surface area contributed by atoms with Gasteiger partial charge in [0.2, 0.25) is 5.78 Å². The largest absolute Gasteiger partial charge is 0.482 e. The zero-order valence-corrected chi connectivity index (χ0v) is 20.2. The van der Waals surface area contributed by atoms with Crippen LogP contribution in [0, 0.1) is 6.92 Å². The van der Waals surface area contributed by atoms with Gasteiger partial charge >= 0.3 is 5.97 Å². The highest BCUT2D eigenvalue weighted by Crippen LogP contribution is 2.37. The predicted octanol–water partition coefficient (Wildman–Crippen LogP) is 5.58.